The van der Waals surface area contributed by atoms with E-state index >= 15 is 0 Å². The Morgan fingerprint density at radius 1 is 1.00 bits per heavy atom. The van der Waals surface area contributed by atoms with Gasteiger partial charge < -0.3 is 15.1 Å². The summed E-state index contributed by atoms with van der Waals surface area (Å²) in [5.74, 6) is 0. The van der Waals surface area contributed by atoms with E-state index in [4.69, 9.17) is 0 Å². The first kappa shape index (κ1) is 16.8. The molecule has 1 aliphatic heterocycles. The van der Waals surface area contributed by atoms with Gasteiger partial charge in [-0.3, -0.25) is 0 Å². The molecule has 1 saturated heterocycles. The number of para-hydroxylation sites is 1. The number of amides is 2. The highest BCUT2D eigenvalue weighted by atomic mass is 79.9. The lowest BCUT2D eigenvalue weighted by Gasteiger charge is -2.37. The van der Waals surface area contributed by atoms with E-state index in [0.29, 0.717) is 0 Å². The first-order chi connectivity index (χ1) is 11.6. The minimum atomic E-state index is -0.0393. The largest absolute Gasteiger partial charge is 0.368 e. The summed E-state index contributed by atoms with van der Waals surface area (Å²) in [6, 6.07) is 14.0. The molecule has 0 bridgehead atoms. The molecule has 0 atom stereocenters. The van der Waals surface area contributed by atoms with Crippen LogP contribution in [-0.4, -0.2) is 37.1 Å². The molecule has 0 spiro atoms. The number of carbonyl (C=O) groups is 1. The number of rotatable bonds is 2. The number of piperazine rings is 1. The van der Waals surface area contributed by atoms with Gasteiger partial charge in [-0.2, -0.15) is 0 Å². The van der Waals surface area contributed by atoms with Gasteiger partial charge in [0.15, 0.2) is 0 Å². The van der Waals surface area contributed by atoms with Gasteiger partial charge in [-0.25, -0.2) is 4.79 Å². The third kappa shape index (κ3) is 3.56. The third-order valence-corrected chi connectivity index (χ3v) is 5.29. The lowest BCUT2D eigenvalue weighted by atomic mass is 10.1. The molecule has 1 aliphatic rings. The van der Waals surface area contributed by atoms with Crippen LogP contribution in [0.2, 0.25) is 0 Å². The third-order valence-electron chi connectivity index (χ3n) is 4.60. The molecule has 0 saturated carbocycles. The van der Waals surface area contributed by atoms with E-state index in [1.807, 2.05) is 29.2 Å². The zero-order chi connectivity index (χ0) is 17.1. The van der Waals surface area contributed by atoms with E-state index in [9.17, 15) is 4.79 Å². The van der Waals surface area contributed by atoms with Gasteiger partial charge in [0.25, 0.3) is 0 Å². The molecule has 0 aliphatic carbocycles. The second-order valence-corrected chi connectivity index (χ2v) is 6.96. The molecule has 2 aromatic rings. The molecule has 4 nitrogen and oxygen atoms in total. The molecule has 0 aromatic heterocycles. The minimum absolute atomic E-state index is 0.0393. The predicted molar refractivity (Wildman–Crippen MR) is 103 cm³/mol. The molecule has 126 valence electrons. The molecular formula is C19H22BrN3O. The first-order valence-corrected chi connectivity index (χ1v) is 8.97. The van der Waals surface area contributed by atoms with Crippen LogP contribution in [-0.2, 0) is 0 Å². The van der Waals surface area contributed by atoms with E-state index < -0.39 is 0 Å². The average molecular weight is 388 g/mol. The fourth-order valence-corrected chi connectivity index (χ4v) is 3.37. The van der Waals surface area contributed by atoms with Crippen LogP contribution < -0.4 is 10.2 Å². The first-order valence-electron chi connectivity index (χ1n) is 8.18. The Morgan fingerprint density at radius 2 is 1.71 bits per heavy atom. The fourth-order valence-electron chi connectivity index (χ4n) is 2.99. The average Bonchev–Trinajstić information content (AvgIpc) is 2.59. The van der Waals surface area contributed by atoms with Crippen LogP contribution in [0, 0.1) is 13.8 Å². The summed E-state index contributed by atoms with van der Waals surface area (Å²) in [6.07, 6.45) is 0. The lowest BCUT2D eigenvalue weighted by Crippen LogP contribution is -2.50. The smallest absolute Gasteiger partial charge is 0.321 e. The van der Waals surface area contributed by atoms with Crippen molar-refractivity contribution in [3.8, 4) is 0 Å². The number of anilines is 2. The molecule has 2 aromatic carbocycles. The van der Waals surface area contributed by atoms with Crippen LogP contribution in [0.25, 0.3) is 0 Å². The van der Waals surface area contributed by atoms with Gasteiger partial charge >= 0.3 is 6.03 Å². The lowest BCUT2D eigenvalue weighted by molar-refractivity contribution is 0.208. The van der Waals surface area contributed by atoms with Crippen molar-refractivity contribution in [3.63, 3.8) is 0 Å². The Morgan fingerprint density at radius 3 is 2.42 bits per heavy atom. The van der Waals surface area contributed by atoms with Crippen molar-refractivity contribution >= 4 is 33.3 Å². The Kier molecular flexibility index (Phi) is 5.09. The van der Waals surface area contributed by atoms with E-state index in [1.165, 1.54) is 16.8 Å². The van der Waals surface area contributed by atoms with Crippen LogP contribution >= 0.6 is 15.9 Å². The predicted octanol–water partition coefficient (Wildman–Crippen LogP) is 4.42. The number of nitrogens with zero attached hydrogens (tertiary/aromatic N) is 2. The van der Waals surface area contributed by atoms with Crippen LogP contribution in [0.4, 0.5) is 16.2 Å². The molecule has 0 unspecified atom stereocenters. The van der Waals surface area contributed by atoms with Gasteiger partial charge in [0.05, 0.1) is 5.69 Å². The summed E-state index contributed by atoms with van der Waals surface area (Å²) in [4.78, 5) is 16.7. The summed E-state index contributed by atoms with van der Waals surface area (Å²) < 4.78 is 0.896. The fraction of sp³-hybridized carbons (Fsp3) is 0.316. The van der Waals surface area contributed by atoms with Crippen molar-refractivity contribution in [1.29, 1.82) is 0 Å². The van der Waals surface area contributed by atoms with Crippen molar-refractivity contribution in [2.75, 3.05) is 36.4 Å². The molecule has 5 heteroatoms. The maximum Gasteiger partial charge on any atom is 0.321 e. The highest BCUT2D eigenvalue weighted by molar-refractivity contribution is 9.10. The van der Waals surface area contributed by atoms with Crippen molar-refractivity contribution < 1.29 is 4.79 Å². The van der Waals surface area contributed by atoms with Gasteiger partial charge in [-0.1, -0.05) is 24.3 Å². The van der Waals surface area contributed by atoms with E-state index in [1.54, 1.807) is 0 Å². The molecule has 2 amide bonds. The van der Waals surface area contributed by atoms with Crippen LogP contribution in [0.5, 0.6) is 0 Å². The van der Waals surface area contributed by atoms with Crippen molar-refractivity contribution in [2.24, 2.45) is 0 Å². The Bertz CT molecular complexity index is 739. The SMILES string of the molecule is Cc1cccc(N2CCN(C(=O)Nc3ccccc3Br)CC2)c1C. The van der Waals surface area contributed by atoms with Gasteiger partial charge in [0.1, 0.15) is 0 Å². The standard InChI is InChI=1S/C19H22BrN3O/c1-14-6-5-9-18(15(14)2)22-10-12-23(13-11-22)19(24)21-17-8-4-3-7-16(17)20/h3-9H,10-13H2,1-2H3,(H,21,24). The summed E-state index contributed by atoms with van der Waals surface area (Å²) in [5, 5.41) is 2.98. The zero-order valence-electron chi connectivity index (χ0n) is 14.1. The minimum Gasteiger partial charge on any atom is -0.368 e. The van der Waals surface area contributed by atoms with Crippen LogP contribution in [0.3, 0.4) is 0 Å². The number of nitrogens with one attached hydrogen (secondary N) is 1. The number of benzene rings is 2. The van der Waals surface area contributed by atoms with Crippen molar-refractivity contribution in [3.05, 3.63) is 58.1 Å². The van der Waals surface area contributed by atoms with E-state index in [2.05, 4.69) is 58.2 Å². The highest BCUT2D eigenvalue weighted by Gasteiger charge is 2.22. The van der Waals surface area contributed by atoms with Crippen molar-refractivity contribution in [1.82, 2.24) is 4.90 Å². The van der Waals surface area contributed by atoms with Gasteiger partial charge in [-0.15, -0.1) is 0 Å². The Hall–Kier alpha value is -2.01. The quantitative estimate of drug-likeness (QED) is 0.827. The highest BCUT2D eigenvalue weighted by Crippen LogP contribution is 2.25. The summed E-state index contributed by atoms with van der Waals surface area (Å²) in [5.41, 5.74) is 4.71. The second-order valence-electron chi connectivity index (χ2n) is 6.10. The summed E-state index contributed by atoms with van der Waals surface area (Å²) in [7, 11) is 0. The number of halogens is 1. The topological polar surface area (TPSA) is 35.6 Å². The number of urea groups is 1. The van der Waals surface area contributed by atoms with Gasteiger partial charge in [-0.05, 0) is 59.1 Å². The monoisotopic (exact) mass is 387 g/mol. The van der Waals surface area contributed by atoms with Crippen LogP contribution in [0.1, 0.15) is 11.1 Å². The van der Waals surface area contributed by atoms with E-state index in [0.717, 1.165) is 36.3 Å². The summed E-state index contributed by atoms with van der Waals surface area (Å²) >= 11 is 3.46. The van der Waals surface area contributed by atoms with Crippen molar-refractivity contribution in [2.45, 2.75) is 13.8 Å². The van der Waals surface area contributed by atoms with E-state index in [-0.39, 0.29) is 6.03 Å². The van der Waals surface area contributed by atoms with Crippen LogP contribution in [0.15, 0.2) is 46.9 Å². The molecule has 1 heterocycles. The molecule has 1 fully saturated rings. The molecular weight excluding hydrogens is 366 g/mol. The molecule has 24 heavy (non-hydrogen) atoms. The normalized spacial score (nSPS) is 14.6. The van der Waals surface area contributed by atoms with Gasteiger partial charge in [0.2, 0.25) is 0 Å². The zero-order valence-corrected chi connectivity index (χ0v) is 15.6. The number of hydrogen-bond donors (Lipinski definition) is 1. The number of hydrogen-bond acceptors (Lipinski definition) is 2. The number of carbonyl (C=O) groups excluding carboxylic acids is 1. The molecule has 3 rings (SSSR count). The maximum absolute atomic E-state index is 12.5. The maximum atomic E-state index is 12.5. The molecule has 1 N–H and O–H groups in total. The second kappa shape index (κ2) is 7.26. The summed E-state index contributed by atoms with van der Waals surface area (Å²) in [6.45, 7) is 7.46. The Balaban J connectivity index is 1.62. The number of aryl methyl sites for hydroxylation is 1. The van der Waals surface area contributed by atoms with Gasteiger partial charge in [0, 0.05) is 36.3 Å². The Labute approximate surface area is 151 Å². The molecule has 0 radical (unpaired) electrons.